The van der Waals surface area contributed by atoms with Gasteiger partial charge in [0.2, 0.25) is 0 Å². The molecule has 0 fully saturated rings. The summed E-state index contributed by atoms with van der Waals surface area (Å²) in [5.41, 5.74) is 0. The number of allylic oxidation sites excluding steroid dienone is 4. The van der Waals surface area contributed by atoms with E-state index in [0.29, 0.717) is 38.5 Å². The maximum absolute atomic E-state index is 10.4. The van der Waals surface area contributed by atoms with Crippen LogP contribution in [-0.4, -0.2) is 54.8 Å². The number of aliphatic carboxylic acids is 1. The van der Waals surface area contributed by atoms with Gasteiger partial charge in [0.25, 0.3) is 5.97 Å². The molecule has 0 amide bonds. The molecule has 0 rings (SSSR count). The van der Waals surface area contributed by atoms with E-state index in [1.165, 1.54) is 0 Å². The zero-order valence-corrected chi connectivity index (χ0v) is 15.8. The van der Waals surface area contributed by atoms with Crippen LogP contribution >= 0.6 is 0 Å². The fourth-order valence-corrected chi connectivity index (χ4v) is 2.33. The van der Waals surface area contributed by atoms with Gasteiger partial charge in [-0.3, -0.25) is 4.79 Å². The van der Waals surface area contributed by atoms with E-state index in [1.807, 2.05) is 18.2 Å². The third-order valence-corrected chi connectivity index (χ3v) is 3.85. The molecule has 0 saturated carbocycles. The fraction of sp³-hybridized carbons (Fsp3) is 0.650. The van der Waals surface area contributed by atoms with Crippen molar-refractivity contribution in [2.45, 2.75) is 82.4 Å². The molecule has 0 bridgehead atoms. The number of unbranched alkanes of at least 4 members (excludes halogenated alkanes) is 2. The molecule has 0 aromatic heterocycles. The minimum Gasteiger partial charge on any atom is -0.481 e. The van der Waals surface area contributed by atoms with Crippen LogP contribution in [0.2, 0.25) is 0 Å². The van der Waals surface area contributed by atoms with Gasteiger partial charge in [0.15, 0.2) is 0 Å². The largest absolute Gasteiger partial charge is 0.481 e. The fourth-order valence-electron chi connectivity index (χ4n) is 2.33. The predicted octanol–water partition coefficient (Wildman–Crippen LogP) is 1.99. The van der Waals surface area contributed by atoms with Crippen molar-refractivity contribution in [1.29, 1.82) is 0 Å². The number of aliphatic hydroxyl groups excluding tert-OH is 2. The summed E-state index contributed by atoms with van der Waals surface area (Å²) in [7, 11) is 0. The zero-order valence-electron chi connectivity index (χ0n) is 15.8. The number of carbonyl (C=O) groups is 1. The highest BCUT2D eigenvalue weighted by Crippen LogP contribution is 2.10. The summed E-state index contributed by atoms with van der Waals surface area (Å²) in [6.07, 6.45) is 14.5. The Morgan fingerprint density at radius 2 is 1.63 bits per heavy atom. The molecule has 0 aliphatic rings. The molecular formula is C20H34O7. The van der Waals surface area contributed by atoms with Crippen LogP contribution in [-0.2, 0) is 4.79 Å². The number of aliphatic hydroxyl groups is 5. The number of hydrogen-bond donors (Lipinski definition) is 6. The van der Waals surface area contributed by atoms with Crippen molar-refractivity contribution in [3.8, 4) is 0 Å². The first-order valence-corrected chi connectivity index (χ1v) is 9.44. The van der Waals surface area contributed by atoms with Crippen LogP contribution in [0.5, 0.6) is 0 Å². The van der Waals surface area contributed by atoms with E-state index in [2.05, 4.69) is 0 Å². The highest BCUT2D eigenvalue weighted by molar-refractivity contribution is 5.66. The first kappa shape index (κ1) is 25.5. The van der Waals surface area contributed by atoms with Gasteiger partial charge < -0.3 is 30.6 Å². The van der Waals surface area contributed by atoms with Gasteiger partial charge in [-0.15, -0.1) is 0 Å². The van der Waals surface area contributed by atoms with Crippen molar-refractivity contribution in [3.63, 3.8) is 0 Å². The lowest BCUT2D eigenvalue weighted by Crippen LogP contribution is -2.26. The van der Waals surface area contributed by atoms with Crippen molar-refractivity contribution < 1.29 is 35.4 Å². The molecule has 0 radical (unpaired) electrons. The van der Waals surface area contributed by atoms with Crippen LogP contribution in [0.3, 0.4) is 0 Å². The van der Waals surface area contributed by atoms with Gasteiger partial charge in [-0.05, 0) is 51.4 Å². The Hall–Kier alpha value is -1.51. The van der Waals surface area contributed by atoms with E-state index in [-0.39, 0.29) is 12.8 Å². The molecular weight excluding hydrogens is 352 g/mol. The summed E-state index contributed by atoms with van der Waals surface area (Å²) in [5, 5.41) is 54.2. The third-order valence-electron chi connectivity index (χ3n) is 3.85. The molecule has 0 heterocycles. The number of carboxylic acid groups (broad SMARTS) is 1. The molecule has 0 spiro atoms. The van der Waals surface area contributed by atoms with E-state index >= 15 is 0 Å². The average molecular weight is 386 g/mol. The minimum atomic E-state index is -2.58. The molecule has 0 unspecified atom stereocenters. The van der Waals surface area contributed by atoms with Gasteiger partial charge in [0.05, 0.1) is 12.2 Å². The maximum atomic E-state index is 10.4. The molecule has 2 atom stereocenters. The molecule has 6 N–H and O–H groups in total. The molecule has 0 aromatic rings. The number of rotatable bonds is 16. The lowest BCUT2D eigenvalue weighted by Gasteiger charge is -2.12. The summed E-state index contributed by atoms with van der Waals surface area (Å²) in [5.74, 6) is -3.44. The Kier molecular flexibility index (Phi) is 14.7. The van der Waals surface area contributed by atoms with Gasteiger partial charge in [-0.1, -0.05) is 36.5 Å². The van der Waals surface area contributed by atoms with E-state index in [1.54, 1.807) is 18.2 Å². The Balaban J connectivity index is 3.67. The SMILES string of the molecule is O=C(O)CCC[C@H](O)/C=C\C=C\CC[C@H](O)C/C=C\CCCCC(O)(O)O. The second-order valence-electron chi connectivity index (χ2n) is 6.62. The molecule has 0 aromatic carbocycles. The van der Waals surface area contributed by atoms with Crippen LogP contribution < -0.4 is 0 Å². The Bertz CT molecular complexity index is 463. The monoisotopic (exact) mass is 386 g/mol. The van der Waals surface area contributed by atoms with E-state index in [4.69, 9.17) is 20.4 Å². The Labute approximate surface area is 161 Å². The molecule has 7 nitrogen and oxygen atoms in total. The third kappa shape index (κ3) is 20.7. The van der Waals surface area contributed by atoms with Crippen LogP contribution in [0.15, 0.2) is 36.5 Å². The second-order valence-corrected chi connectivity index (χ2v) is 6.62. The summed E-state index contributed by atoms with van der Waals surface area (Å²) in [6.45, 7) is 0. The summed E-state index contributed by atoms with van der Waals surface area (Å²) in [4.78, 5) is 10.4. The topological polar surface area (TPSA) is 138 Å². The zero-order chi connectivity index (χ0) is 20.5. The molecule has 0 saturated heterocycles. The Morgan fingerprint density at radius 3 is 2.30 bits per heavy atom. The van der Waals surface area contributed by atoms with Crippen molar-refractivity contribution in [2.24, 2.45) is 0 Å². The molecule has 7 heteroatoms. The first-order chi connectivity index (χ1) is 12.7. The van der Waals surface area contributed by atoms with Crippen molar-refractivity contribution in [1.82, 2.24) is 0 Å². The highest BCUT2D eigenvalue weighted by atomic mass is 16.7. The highest BCUT2D eigenvalue weighted by Gasteiger charge is 2.16. The van der Waals surface area contributed by atoms with Crippen LogP contribution in [0.1, 0.15) is 64.2 Å². The lowest BCUT2D eigenvalue weighted by atomic mass is 10.1. The molecule has 156 valence electrons. The van der Waals surface area contributed by atoms with Crippen LogP contribution in [0.25, 0.3) is 0 Å². The average Bonchev–Trinajstić information content (AvgIpc) is 2.55. The molecule has 0 aliphatic carbocycles. The Morgan fingerprint density at radius 1 is 0.889 bits per heavy atom. The lowest BCUT2D eigenvalue weighted by molar-refractivity contribution is -0.314. The standard InChI is InChI=1S/C20H34O7/c21-17(11-6-2-1-5-9-16-20(25,26)27)12-7-3-4-8-13-18(22)14-10-15-19(23)24/h2-4,6,8,13,17-18,21-22,25-27H,1,5,7,9-12,14-16H2,(H,23,24)/b4-3+,6-2-,13-8-/t17-,18-/m1/s1. The van der Waals surface area contributed by atoms with Crippen molar-refractivity contribution in [3.05, 3.63) is 36.5 Å². The molecule has 0 aliphatic heterocycles. The van der Waals surface area contributed by atoms with E-state index in [9.17, 15) is 15.0 Å². The smallest absolute Gasteiger partial charge is 0.303 e. The number of hydrogen-bond acceptors (Lipinski definition) is 6. The first-order valence-electron chi connectivity index (χ1n) is 9.44. The van der Waals surface area contributed by atoms with E-state index in [0.717, 1.165) is 12.8 Å². The maximum Gasteiger partial charge on any atom is 0.303 e. The summed E-state index contributed by atoms with van der Waals surface area (Å²) >= 11 is 0. The van der Waals surface area contributed by atoms with Crippen molar-refractivity contribution in [2.75, 3.05) is 0 Å². The van der Waals surface area contributed by atoms with Gasteiger partial charge >= 0.3 is 5.97 Å². The second kappa shape index (κ2) is 15.5. The minimum absolute atomic E-state index is 0.0573. The van der Waals surface area contributed by atoms with Gasteiger partial charge in [0, 0.05) is 12.8 Å². The summed E-state index contributed by atoms with van der Waals surface area (Å²) < 4.78 is 0. The van der Waals surface area contributed by atoms with E-state index < -0.39 is 24.2 Å². The quantitative estimate of drug-likeness (QED) is 0.103. The van der Waals surface area contributed by atoms with Crippen molar-refractivity contribution >= 4 is 5.97 Å². The summed E-state index contributed by atoms with van der Waals surface area (Å²) in [6, 6.07) is 0. The van der Waals surface area contributed by atoms with Gasteiger partial charge in [-0.25, -0.2) is 0 Å². The molecule has 27 heavy (non-hydrogen) atoms. The normalized spacial score (nSPS) is 15.1. The van der Waals surface area contributed by atoms with Gasteiger partial charge in [0.1, 0.15) is 0 Å². The predicted molar refractivity (Wildman–Crippen MR) is 103 cm³/mol. The number of carboxylic acids is 1. The van der Waals surface area contributed by atoms with Crippen LogP contribution in [0.4, 0.5) is 0 Å². The van der Waals surface area contributed by atoms with Crippen LogP contribution in [0, 0.1) is 0 Å². The van der Waals surface area contributed by atoms with Gasteiger partial charge in [-0.2, -0.15) is 0 Å².